The molecule has 1 aromatic rings. The van der Waals surface area contributed by atoms with E-state index < -0.39 is 0 Å². The second kappa shape index (κ2) is 5.93. The molecule has 3 rings (SSSR count). The third-order valence-electron chi connectivity index (χ3n) is 4.35. The van der Waals surface area contributed by atoms with Crippen LogP contribution in [0.4, 0.5) is 11.4 Å². The Hall–Kier alpha value is -1.75. The van der Waals surface area contributed by atoms with Crippen molar-refractivity contribution in [3.63, 3.8) is 0 Å². The Morgan fingerprint density at radius 3 is 2.38 bits per heavy atom. The average Bonchev–Trinajstić information content (AvgIpc) is 2.54. The van der Waals surface area contributed by atoms with Gasteiger partial charge in [0.25, 0.3) is 5.91 Å². The molecule has 0 radical (unpaired) electrons. The molecule has 0 bridgehead atoms. The van der Waals surface area contributed by atoms with Crippen LogP contribution in [0.25, 0.3) is 0 Å². The number of piperazine rings is 1. The number of hydrogen-bond donors (Lipinski definition) is 2. The summed E-state index contributed by atoms with van der Waals surface area (Å²) in [5.41, 5.74) is 2.90. The summed E-state index contributed by atoms with van der Waals surface area (Å²) in [6, 6.07) is 6.45. The van der Waals surface area contributed by atoms with Crippen molar-refractivity contribution < 1.29 is 4.79 Å². The second-order valence-electron chi connectivity index (χ2n) is 6.04. The molecule has 1 amide bonds. The molecule has 1 aromatic carbocycles. The van der Waals surface area contributed by atoms with Gasteiger partial charge in [0.2, 0.25) is 0 Å². The standard InChI is InChI=1S/C16H24N4O/c1-12(2)19-7-9-20(10-8-19)16(21)13-3-4-14-15(11-13)18-6-5-17-14/h3-4,11-12,17-18H,5-10H2,1-2H3. The highest BCUT2D eigenvalue weighted by molar-refractivity contribution is 5.96. The molecule has 0 spiro atoms. The zero-order valence-corrected chi connectivity index (χ0v) is 12.9. The Balaban J connectivity index is 1.68. The van der Waals surface area contributed by atoms with Crippen LogP contribution in [0, 0.1) is 0 Å². The summed E-state index contributed by atoms with van der Waals surface area (Å²) >= 11 is 0. The van der Waals surface area contributed by atoms with E-state index in [9.17, 15) is 4.79 Å². The van der Waals surface area contributed by atoms with Crippen LogP contribution >= 0.6 is 0 Å². The van der Waals surface area contributed by atoms with Gasteiger partial charge in [-0.15, -0.1) is 0 Å². The van der Waals surface area contributed by atoms with Crippen molar-refractivity contribution in [2.45, 2.75) is 19.9 Å². The summed E-state index contributed by atoms with van der Waals surface area (Å²) in [5, 5.41) is 6.67. The fraction of sp³-hybridized carbons (Fsp3) is 0.562. The van der Waals surface area contributed by atoms with Crippen molar-refractivity contribution in [2.24, 2.45) is 0 Å². The molecular weight excluding hydrogens is 264 g/mol. The van der Waals surface area contributed by atoms with Crippen molar-refractivity contribution in [3.8, 4) is 0 Å². The van der Waals surface area contributed by atoms with Crippen LogP contribution < -0.4 is 10.6 Å². The number of nitrogens with one attached hydrogen (secondary N) is 2. The van der Waals surface area contributed by atoms with E-state index in [-0.39, 0.29) is 5.91 Å². The van der Waals surface area contributed by atoms with Crippen molar-refractivity contribution in [2.75, 3.05) is 49.9 Å². The fourth-order valence-corrected chi connectivity index (χ4v) is 3.00. The van der Waals surface area contributed by atoms with E-state index in [2.05, 4.69) is 29.4 Å². The highest BCUT2D eigenvalue weighted by Gasteiger charge is 2.24. The van der Waals surface area contributed by atoms with Gasteiger partial charge >= 0.3 is 0 Å². The van der Waals surface area contributed by atoms with E-state index in [1.54, 1.807) is 0 Å². The minimum atomic E-state index is 0.147. The van der Waals surface area contributed by atoms with Crippen LogP contribution in [-0.4, -0.2) is 61.0 Å². The van der Waals surface area contributed by atoms with Gasteiger partial charge in [0.05, 0.1) is 11.4 Å². The Morgan fingerprint density at radius 1 is 1.05 bits per heavy atom. The Bertz CT molecular complexity index is 521. The van der Waals surface area contributed by atoms with Crippen molar-refractivity contribution in [1.82, 2.24) is 9.80 Å². The van der Waals surface area contributed by atoms with Crippen molar-refractivity contribution >= 4 is 17.3 Å². The lowest BCUT2D eigenvalue weighted by Gasteiger charge is -2.37. The molecule has 2 aliphatic rings. The average molecular weight is 288 g/mol. The van der Waals surface area contributed by atoms with Crippen LogP contribution in [0.15, 0.2) is 18.2 Å². The number of hydrogen-bond acceptors (Lipinski definition) is 4. The largest absolute Gasteiger partial charge is 0.382 e. The molecule has 0 aromatic heterocycles. The zero-order chi connectivity index (χ0) is 14.8. The molecule has 2 aliphatic heterocycles. The van der Waals surface area contributed by atoms with Crippen LogP contribution in [0.3, 0.4) is 0 Å². The third kappa shape index (κ3) is 2.97. The molecule has 0 saturated carbocycles. The number of amides is 1. The Morgan fingerprint density at radius 2 is 1.71 bits per heavy atom. The van der Waals surface area contributed by atoms with Gasteiger partial charge in [-0.3, -0.25) is 9.69 Å². The highest BCUT2D eigenvalue weighted by atomic mass is 16.2. The topological polar surface area (TPSA) is 47.6 Å². The summed E-state index contributed by atoms with van der Waals surface area (Å²) < 4.78 is 0. The summed E-state index contributed by atoms with van der Waals surface area (Å²) in [6.07, 6.45) is 0. The molecule has 0 aliphatic carbocycles. The summed E-state index contributed by atoms with van der Waals surface area (Å²) in [4.78, 5) is 17.0. The van der Waals surface area contributed by atoms with E-state index in [0.29, 0.717) is 6.04 Å². The van der Waals surface area contributed by atoms with Crippen LogP contribution in [-0.2, 0) is 0 Å². The lowest BCUT2D eigenvalue weighted by Crippen LogP contribution is -2.50. The molecule has 1 saturated heterocycles. The maximum atomic E-state index is 12.6. The first kappa shape index (κ1) is 14.2. The van der Waals surface area contributed by atoms with E-state index in [1.807, 2.05) is 23.1 Å². The number of carbonyl (C=O) groups excluding carboxylic acids is 1. The van der Waals surface area contributed by atoms with Crippen molar-refractivity contribution in [3.05, 3.63) is 23.8 Å². The SMILES string of the molecule is CC(C)N1CCN(C(=O)c2ccc3c(c2)NCCN3)CC1. The number of rotatable bonds is 2. The normalized spacial score (nSPS) is 18.9. The molecule has 1 fully saturated rings. The summed E-state index contributed by atoms with van der Waals surface area (Å²) in [6.45, 7) is 9.82. The predicted molar refractivity (Wildman–Crippen MR) is 86.0 cm³/mol. The number of anilines is 2. The Labute approximate surface area is 126 Å². The van der Waals surface area contributed by atoms with E-state index in [4.69, 9.17) is 0 Å². The van der Waals surface area contributed by atoms with Gasteiger partial charge in [0.1, 0.15) is 0 Å². The van der Waals surface area contributed by atoms with E-state index in [0.717, 1.165) is 56.2 Å². The first-order valence-electron chi connectivity index (χ1n) is 7.80. The predicted octanol–water partition coefficient (Wildman–Crippen LogP) is 1.69. The lowest BCUT2D eigenvalue weighted by atomic mass is 10.1. The fourth-order valence-electron chi connectivity index (χ4n) is 3.00. The van der Waals surface area contributed by atoms with Crippen LogP contribution in [0.1, 0.15) is 24.2 Å². The van der Waals surface area contributed by atoms with Crippen molar-refractivity contribution in [1.29, 1.82) is 0 Å². The molecule has 0 unspecified atom stereocenters. The zero-order valence-electron chi connectivity index (χ0n) is 12.9. The quantitative estimate of drug-likeness (QED) is 0.869. The Kier molecular flexibility index (Phi) is 4.01. The van der Waals surface area contributed by atoms with Gasteiger partial charge in [0, 0.05) is 50.9 Å². The molecule has 5 nitrogen and oxygen atoms in total. The summed E-state index contributed by atoms with van der Waals surface area (Å²) in [5.74, 6) is 0.147. The van der Waals surface area contributed by atoms with Gasteiger partial charge in [0.15, 0.2) is 0 Å². The molecule has 2 heterocycles. The maximum Gasteiger partial charge on any atom is 0.254 e. The smallest absolute Gasteiger partial charge is 0.254 e. The van der Waals surface area contributed by atoms with Gasteiger partial charge in [-0.2, -0.15) is 0 Å². The third-order valence-corrected chi connectivity index (χ3v) is 4.35. The van der Waals surface area contributed by atoms with Gasteiger partial charge in [-0.05, 0) is 32.0 Å². The molecule has 0 atom stereocenters. The highest BCUT2D eigenvalue weighted by Crippen LogP contribution is 2.26. The number of carbonyl (C=O) groups is 1. The second-order valence-corrected chi connectivity index (χ2v) is 6.04. The molecule has 114 valence electrons. The number of benzene rings is 1. The molecular formula is C16H24N4O. The maximum absolute atomic E-state index is 12.6. The molecule has 2 N–H and O–H groups in total. The summed E-state index contributed by atoms with van der Waals surface area (Å²) in [7, 11) is 0. The van der Waals surface area contributed by atoms with E-state index in [1.165, 1.54) is 0 Å². The minimum Gasteiger partial charge on any atom is -0.382 e. The van der Waals surface area contributed by atoms with Crippen LogP contribution in [0.2, 0.25) is 0 Å². The van der Waals surface area contributed by atoms with Gasteiger partial charge in [-0.1, -0.05) is 0 Å². The minimum absolute atomic E-state index is 0.147. The van der Waals surface area contributed by atoms with Gasteiger partial charge in [-0.25, -0.2) is 0 Å². The molecule has 5 heteroatoms. The van der Waals surface area contributed by atoms with Crippen LogP contribution in [0.5, 0.6) is 0 Å². The lowest BCUT2D eigenvalue weighted by molar-refractivity contribution is 0.0595. The molecule has 21 heavy (non-hydrogen) atoms. The van der Waals surface area contributed by atoms with E-state index >= 15 is 0 Å². The first-order chi connectivity index (χ1) is 10.1. The monoisotopic (exact) mass is 288 g/mol. The van der Waals surface area contributed by atoms with Gasteiger partial charge < -0.3 is 15.5 Å². The number of nitrogens with zero attached hydrogens (tertiary/aromatic N) is 2. The number of fused-ring (bicyclic) bond motifs is 1. The first-order valence-corrected chi connectivity index (χ1v) is 7.80.